The Hall–Kier alpha value is -1.80. The van der Waals surface area contributed by atoms with E-state index in [9.17, 15) is 8.42 Å². The molecule has 24 heavy (non-hydrogen) atoms. The SMILES string of the molecule is CS(=O)(=O)N1CCN(c2cc(N3CCCC3)cc3[nH]ncc23)CC1. The highest BCUT2D eigenvalue weighted by Gasteiger charge is 2.25. The van der Waals surface area contributed by atoms with E-state index in [4.69, 9.17) is 0 Å². The van der Waals surface area contributed by atoms with Crippen molar-refractivity contribution in [2.75, 3.05) is 55.3 Å². The Morgan fingerprint density at radius 2 is 1.71 bits per heavy atom. The van der Waals surface area contributed by atoms with Crippen molar-refractivity contribution in [1.29, 1.82) is 0 Å². The highest BCUT2D eigenvalue weighted by Crippen LogP contribution is 2.33. The normalized spacial score (nSPS) is 20.2. The first-order valence-corrected chi connectivity index (χ1v) is 10.3. The van der Waals surface area contributed by atoms with Crippen molar-refractivity contribution >= 4 is 32.3 Å². The molecule has 1 aromatic heterocycles. The van der Waals surface area contributed by atoms with E-state index in [2.05, 4.69) is 32.1 Å². The first-order chi connectivity index (χ1) is 11.5. The van der Waals surface area contributed by atoms with Crippen molar-refractivity contribution in [3.05, 3.63) is 18.3 Å². The van der Waals surface area contributed by atoms with E-state index < -0.39 is 10.0 Å². The van der Waals surface area contributed by atoms with Crippen LogP contribution in [-0.4, -0.2) is 68.4 Å². The van der Waals surface area contributed by atoms with Gasteiger partial charge < -0.3 is 9.80 Å². The Morgan fingerprint density at radius 1 is 1.00 bits per heavy atom. The second kappa shape index (κ2) is 5.93. The zero-order chi connectivity index (χ0) is 16.7. The third kappa shape index (κ3) is 2.84. The number of H-pyrrole nitrogens is 1. The maximum Gasteiger partial charge on any atom is 0.211 e. The summed E-state index contributed by atoms with van der Waals surface area (Å²) in [5.74, 6) is 0. The molecule has 0 saturated carbocycles. The van der Waals surface area contributed by atoms with Crippen molar-refractivity contribution in [2.24, 2.45) is 0 Å². The number of fused-ring (bicyclic) bond motifs is 1. The van der Waals surface area contributed by atoms with Gasteiger partial charge >= 0.3 is 0 Å². The number of nitrogens with one attached hydrogen (secondary N) is 1. The van der Waals surface area contributed by atoms with E-state index in [-0.39, 0.29) is 0 Å². The van der Waals surface area contributed by atoms with Gasteiger partial charge in [0.05, 0.1) is 18.0 Å². The highest BCUT2D eigenvalue weighted by atomic mass is 32.2. The Labute approximate surface area is 142 Å². The lowest BCUT2D eigenvalue weighted by atomic mass is 10.1. The van der Waals surface area contributed by atoms with Crippen molar-refractivity contribution < 1.29 is 8.42 Å². The molecule has 0 aliphatic carbocycles. The Bertz CT molecular complexity index is 833. The molecule has 1 N–H and O–H groups in total. The van der Waals surface area contributed by atoms with Crippen molar-refractivity contribution in [3.63, 3.8) is 0 Å². The third-order valence-electron chi connectivity index (χ3n) is 5.04. The molecule has 2 aromatic rings. The second-order valence-corrected chi connectivity index (χ2v) is 8.62. The summed E-state index contributed by atoms with van der Waals surface area (Å²) >= 11 is 0. The molecule has 0 atom stereocenters. The van der Waals surface area contributed by atoms with Gasteiger partial charge in [-0.3, -0.25) is 5.10 Å². The van der Waals surface area contributed by atoms with Crippen LogP contribution < -0.4 is 9.80 Å². The lowest BCUT2D eigenvalue weighted by molar-refractivity contribution is 0.388. The van der Waals surface area contributed by atoms with Crippen LogP contribution in [0.4, 0.5) is 11.4 Å². The second-order valence-electron chi connectivity index (χ2n) is 6.64. The number of aromatic nitrogens is 2. The fraction of sp³-hybridized carbons (Fsp3) is 0.562. The number of nitrogens with zero attached hydrogens (tertiary/aromatic N) is 4. The van der Waals surface area contributed by atoms with Crippen LogP contribution in [0.5, 0.6) is 0 Å². The predicted molar refractivity (Wildman–Crippen MR) is 96.2 cm³/mol. The molecule has 0 unspecified atom stereocenters. The summed E-state index contributed by atoms with van der Waals surface area (Å²) in [5, 5.41) is 8.39. The fourth-order valence-electron chi connectivity index (χ4n) is 3.70. The smallest absolute Gasteiger partial charge is 0.211 e. The molecule has 4 rings (SSSR count). The van der Waals surface area contributed by atoms with Gasteiger partial charge in [0.25, 0.3) is 0 Å². The summed E-state index contributed by atoms with van der Waals surface area (Å²) in [6.45, 7) is 4.67. The van der Waals surface area contributed by atoms with E-state index in [1.807, 2.05) is 6.20 Å². The number of sulfonamides is 1. The molecule has 3 heterocycles. The minimum absolute atomic E-state index is 0.534. The molecule has 1 aromatic carbocycles. The van der Waals surface area contributed by atoms with E-state index in [1.54, 1.807) is 4.31 Å². The van der Waals surface area contributed by atoms with Crippen LogP contribution in [-0.2, 0) is 10.0 Å². The largest absolute Gasteiger partial charge is 0.371 e. The molecule has 0 spiro atoms. The topological polar surface area (TPSA) is 72.5 Å². The number of anilines is 2. The van der Waals surface area contributed by atoms with Crippen molar-refractivity contribution in [3.8, 4) is 0 Å². The molecule has 2 aliphatic rings. The standard InChI is InChI=1S/C16H23N5O2S/c1-24(22,23)21-8-6-20(7-9-21)16-11-13(19-4-2-3-5-19)10-15-14(16)12-17-18-15/h10-12H,2-9H2,1H3,(H,17,18). The van der Waals surface area contributed by atoms with Gasteiger partial charge in [-0.05, 0) is 25.0 Å². The van der Waals surface area contributed by atoms with Crippen LogP contribution in [0.25, 0.3) is 10.9 Å². The van der Waals surface area contributed by atoms with Gasteiger partial charge in [-0.1, -0.05) is 0 Å². The zero-order valence-electron chi connectivity index (χ0n) is 13.9. The molecule has 2 aliphatic heterocycles. The molecule has 0 bridgehead atoms. The maximum absolute atomic E-state index is 11.7. The lowest BCUT2D eigenvalue weighted by Crippen LogP contribution is -2.48. The summed E-state index contributed by atoms with van der Waals surface area (Å²) in [4.78, 5) is 4.69. The summed E-state index contributed by atoms with van der Waals surface area (Å²) in [5.41, 5.74) is 3.42. The molecule has 2 saturated heterocycles. The van der Waals surface area contributed by atoms with Gasteiger partial charge in [0.1, 0.15) is 0 Å². The van der Waals surface area contributed by atoms with E-state index in [0.29, 0.717) is 26.2 Å². The fourth-order valence-corrected chi connectivity index (χ4v) is 4.52. The van der Waals surface area contributed by atoms with Crippen LogP contribution in [0.1, 0.15) is 12.8 Å². The van der Waals surface area contributed by atoms with Crippen LogP contribution in [0.3, 0.4) is 0 Å². The van der Waals surface area contributed by atoms with Gasteiger partial charge in [0, 0.05) is 56.0 Å². The minimum Gasteiger partial charge on any atom is -0.371 e. The van der Waals surface area contributed by atoms with E-state index in [0.717, 1.165) is 29.7 Å². The van der Waals surface area contributed by atoms with Crippen LogP contribution in [0.15, 0.2) is 18.3 Å². The molecular weight excluding hydrogens is 326 g/mol. The quantitative estimate of drug-likeness (QED) is 0.903. The van der Waals surface area contributed by atoms with Gasteiger partial charge in [-0.2, -0.15) is 9.40 Å². The number of benzene rings is 1. The molecule has 7 nitrogen and oxygen atoms in total. The van der Waals surface area contributed by atoms with Gasteiger partial charge in [-0.15, -0.1) is 0 Å². The lowest BCUT2D eigenvalue weighted by Gasteiger charge is -2.35. The van der Waals surface area contributed by atoms with Gasteiger partial charge in [-0.25, -0.2) is 8.42 Å². The summed E-state index contributed by atoms with van der Waals surface area (Å²) in [7, 11) is -3.10. The average molecular weight is 349 g/mol. The Balaban J connectivity index is 1.65. The van der Waals surface area contributed by atoms with Crippen LogP contribution >= 0.6 is 0 Å². The average Bonchev–Trinajstić information content (AvgIpc) is 3.24. The number of piperazine rings is 1. The summed E-state index contributed by atoms with van der Waals surface area (Å²) < 4.78 is 25.0. The summed E-state index contributed by atoms with van der Waals surface area (Å²) in [6, 6.07) is 4.41. The molecule has 0 amide bonds. The molecule has 8 heteroatoms. The molecule has 130 valence electrons. The molecule has 2 fully saturated rings. The highest BCUT2D eigenvalue weighted by molar-refractivity contribution is 7.88. The summed E-state index contributed by atoms with van der Waals surface area (Å²) in [6.07, 6.45) is 5.62. The molecule has 0 radical (unpaired) electrons. The first-order valence-electron chi connectivity index (χ1n) is 8.44. The third-order valence-corrected chi connectivity index (χ3v) is 6.34. The van der Waals surface area contributed by atoms with Gasteiger partial charge in [0.2, 0.25) is 10.0 Å². The maximum atomic E-state index is 11.7. The van der Waals surface area contributed by atoms with Crippen molar-refractivity contribution in [1.82, 2.24) is 14.5 Å². The Morgan fingerprint density at radius 3 is 2.38 bits per heavy atom. The predicted octanol–water partition coefficient (Wildman–Crippen LogP) is 1.24. The van der Waals surface area contributed by atoms with Gasteiger partial charge in [0.15, 0.2) is 0 Å². The van der Waals surface area contributed by atoms with Crippen LogP contribution in [0.2, 0.25) is 0 Å². The van der Waals surface area contributed by atoms with Crippen molar-refractivity contribution in [2.45, 2.75) is 12.8 Å². The van der Waals surface area contributed by atoms with E-state index >= 15 is 0 Å². The zero-order valence-corrected chi connectivity index (χ0v) is 14.7. The molecular formula is C16H23N5O2S. The first kappa shape index (κ1) is 15.7. The number of aromatic amines is 1. The minimum atomic E-state index is -3.10. The number of hydrogen-bond acceptors (Lipinski definition) is 5. The number of hydrogen-bond donors (Lipinski definition) is 1. The number of rotatable bonds is 3. The van der Waals surface area contributed by atoms with Crippen LogP contribution in [0, 0.1) is 0 Å². The Kier molecular flexibility index (Phi) is 3.88. The monoisotopic (exact) mass is 349 g/mol. The van der Waals surface area contributed by atoms with E-state index in [1.165, 1.54) is 24.8 Å².